The quantitative estimate of drug-likeness (QED) is 0.604. The van der Waals surface area contributed by atoms with Gasteiger partial charge in [0.25, 0.3) is 0 Å². The first-order valence-electron chi connectivity index (χ1n) is 9.89. The zero-order valence-corrected chi connectivity index (χ0v) is 18.3. The minimum absolute atomic E-state index is 0.231. The number of benzene rings is 2. The van der Waals surface area contributed by atoms with Crippen LogP contribution in [0.5, 0.6) is 0 Å². The molecule has 0 spiro atoms. The summed E-state index contributed by atoms with van der Waals surface area (Å²) < 4.78 is 47.8. The van der Waals surface area contributed by atoms with Gasteiger partial charge in [-0.1, -0.05) is 23.4 Å². The third-order valence-electron chi connectivity index (χ3n) is 5.88. The molecule has 1 aliphatic rings. The van der Waals surface area contributed by atoms with E-state index >= 15 is 0 Å². The first kappa shape index (κ1) is 20.7. The number of sulfonamides is 1. The van der Waals surface area contributed by atoms with Crippen molar-refractivity contribution in [2.24, 2.45) is 0 Å². The third-order valence-corrected chi connectivity index (χ3v) is 8.06. The summed E-state index contributed by atoms with van der Waals surface area (Å²) >= 11 is 0. The van der Waals surface area contributed by atoms with E-state index in [1.807, 2.05) is 33.8 Å². The van der Waals surface area contributed by atoms with Crippen molar-refractivity contribution in [2.45, 2.75) is 51.5 Å². The molecule has 1 saturated heterocycles. The zero-order valence-electron chi connectivity index (χ0n) is 17.4. The van der Waals surface area contributed by atoms with E-state index in [0.717, 1.165) is 22.3 Å². The maximum atomic E-state index is 13.7. The number of aryl methyl sites for hydroxylation is 2. The average Bonchev–Trinajstić information content (AvgIpc) is 3.36. The summed E-state index contributed by atoms with van der Waals surface area (Å²) in [6, 6.07) is 7.38. The fourth-order valence-electron chi connectivity index (χ4n) is 4.07. The molecule has 0 bridgehead atoms. The van der Waals surface area contributed by atoms with E-state index in [-0.39, 0.29) is 11.7 Å². The molecule has 4 rings (SSSR count). The first-order chi connectivity index (χ1) is 14.2. The molecule has 30 heavy (non-hydrogen) atoms. The third kappa shape index (κ3) is 3.44. The van der Waals surface area contributed by atoms with Crippen LogP contribution in [-0.4, -0.2) is 29.4 Å². The van der Waals surface area contributed by atoms with Gasteiger partial charge in [-0.2, -0.15) is 9.29 Å². The van der Waals surface area contributed by atoms with E-state index in [4.69, 9.17) is 4.52 Å². The number of nitrogens with zero attached hydrogens (tertiary/aromatic N) is 3. The normalized spacial score (nSPS) is 17.6. The molecule has 1 fully saturated rings. The Kier molecular flexibility index (Phi) is 5.23. The predicted molar refractivity (Wildman–Crippen MR) is 111 cm³/mol. The van der Waals surface area contributed by atoms with Crippen molar-refractivity contribution in [1.82, 2.24) is 14.4 Å². The highest BCUT2D eigenvalue weighted by Crippen LogP contribution is 2.39. The Morgan fingerprint density at radius 3 is 2.47 bits per heavy atom. The van der Waals surface area contributed by atoms with Gasteiger partial charge in [-0.25, -0.2) is 12.8 Å². The lowest BCUT2D eigenvalue weighted by Crippen LogP contribution is -2.32. The largest absolute Gasteiger partial charge is 0.337 e. The van der Waals surface area contributed by atoms with Gasteiger partial charge in [0.15, 0.2) is 0 Å². The van der Waals surface area contributed by atoms with Crippen LogP contribution in [0.1, 0.15) is 47.0 Å². The fraction of sp³-hybridized carbons (Fsp3) is 0.364. The predicted octanol–water partition coefficient (Wildman–Crippen LogP) is 4.64. The Balaban J connectivity index is 1.73. The fourth-order valence-corrected chi connectivity index (χ4v) is 6.31. The molecule has 0 saturated carbocycles. The molecular weight excluding hydrogens is 405 g/mol. The SMILES string of the molecule is Cc1cc(C)c(C)c(S(=O)(=O)N2CCC[C@H]2c2nc(-c3cccc(F)c3)no2)c1C. The first-order valence-corrected chi connectivity index (χ1v) is 11.3. The van der Waals surface area contributed by atoms with Crippen molar-refractivity contribution in [3.8, 4) is 11.4 Å². The number of halogens is 1. The molecule has 3 aromatic rings. The molecule has 0 aliphatic carbocycles. The molecule has 0 radical (unpaired) electrons. The summed E-state index contributed by atoms with van der Waals surface area (Å²) in [6.07, 6.45) is 1.29. The van der Waals surface area contributed by atoms with Gasteiger partial charge in [0, 0.05) is 12.1 Å². The molecule has 1 atom stereocenters. The number of rotatable bonds is 4. The van der Waals surface area contributed by atoms with Crippen LogP contribution in [0.4, 0.5) is 4.39 Å². The van der Waals surface area contributed by atoms with Crippen molar-refractivity contribution in [3.05, 3.63) is 64.3 Å². The van der Waals surface area contributed by atoms with Crippen LogP contribution in [0.2, 0.25) is 0 Å². The molecule has 2 heterocycles. The Bertz CT molecular complexity index is 1190. The van der Waals surface area contributed by atoms with Crippen molar-refractivity contribution in [1.29, 1.82) is 0 Å². The average molecular weight is 430 g/mol. The monoisotopic (exact) mass is 429 g/mol. The number of aromatic nitrogens is 2. The van der Waals surface area contributed by atoms with Crippen LogP contribution in [0.3, 0.4) is 0 Å². The van der Waals surface area contributed by atoms with Crippen LogP contribution in [0.25, 0.3) is 11.4 Å². The Morgan fingerprint density at radius 1 is 1.10 bits per heavy atom. The molecule has 1 aliphatic heterocycles. The van der Waals surface area contributed by atoms with Crippen LogP contribution < -0.4 is 0 Å². The highest BCUT2D eigenvalue weighted by molar-refractivity contribution is 7.89. The Hall–Kier alpha value is -2.58. The maximum Gasteiger partial charge on any atom is 0.245 e. The second kappa shape index (κ2) is 7.59. The molecule has 0 N–H and O–H groups in total. The second-order valence-corrected chi connectivity index (χ2v) is 9.66. The van der Waals surface area contributed by atoms with Crippen LogP contribution in [-0.2, 0) is 10.0 Å². The summed E-state index contributed by atoms with van der Waals surface area (Å²) in [7, 11) is -3.76. The second-order valence-electron chi connectivity index (χ2n) is 7.83. The number of hydrogen-bond acceptors (Lipinski definition) is 5. The van der Waals surface area contributed by atoms with Crippen LogP contribution >= 0.6 is 0 Å². The standard InChI is InChI=1S/C22H24FN3O3S/c1-13-11-14(2)16(4)20(15(13)3)30(27,28)26-10-6-9-19(26)22-24-21(25-29-22)17-7-5-8-18(23)12-17/h5,7-8,11-12,19H,6,9-10H2,1-4H3/t19-/m0/s1. The molecule has 158 valence electrons. The van der Waals surface area contributed by atoms with Crippen LogP contribution in [0, 0.1) is 33.5 Å². The van der Waals surface area contributed by atoms with Gasteiger partial charge in [0.2, 0.25) is 21.7 Å². The highest BCUT2D eigenvalue weighted by atomic mass is 32.2. The zero-order chi connectivity index (χ0) is 21.6. The summed E-state index contributed by atoms with van der Waals surface area (Å²) in [6.45, 7) is 7.91. The molecular formula is C22H24FN3O3S. The molecule has 0 unspecified atom stereocenters. The minimum atomic E-state index is -3.76. The van der Waals surface area contributed by atoms with E-state index in [2.05, 4.69) is 10.1 Å². The van der Waals surface area contributed by atoms with E-state index in [1.165, 1.54) is 16.4 Å². The van der Waals surface area contributed by atoms with Crippen molar-refractivity contribution >= 4 is 10.0 Å². The van der Waals surface area contributed by atoms with E-state index in [9.17, 15) is 12.8 Å². The number of hydrogen-bond donors (Lipinski definition) is 0. The lowest BCUT2D eigenvalue weighted by Gasteiger charge is -2.25. The van der Waals surface area contributed by atoms with Crippen molar-refractivity contribution < 1.29 is 17.3 Å². The summed E-state index contributed by atoms with van der Waals surface area (Å²) in [5.74, 6) is 0.0761. The van der Waals surface area contributed by atoms with Gasteiger partial charge in [-0.05, 0) is 74.9 Å². The highest BCUT2D eigenvalue weighted by Gasteiger charge is 2.41. The van der Waals surface area contributed by atoms with Gasteiger partial charge >= 0.3 is 0 Å². The smallest absolute Gasteiger partial charge is 0.245 e. The van der Waals surface area contributed by atoms with Crippen molar-refractivity contribution in [2.75, 3.05) is 6.54 Å². The van der Waals surface area contributed by atoms with Crippen molar-refractivity contribution in [3.63, 3.8) is 0 Å². The Morgan fingerprint density at radius 2 is 1.80 bits per heavy atom. The lowest BCUT2D eigenvalue weighted by atomic mass is 10.0. The summed E-state index contributed by atoms with van der Waals surface area (Å²) in [5, 5.41) is 3.95. The molecule has 2 aromatic carbocycles. The van der Waals surface area contributed by atoms with Gasteiger partial charge in [-0.15, -0.1) is 0 Å². The Labute approximate surface area is 175 Å². The van der Waals surface area contributed by atoms with E-state index in [0.29, 0.717) is 29.8 Å². The van der Waals surface area contributed by atoms with Gasteiger partial charge in [-0.3, -0.25) is 0 Å². The van der Waals surface area contributed by atoms with E-state index in [1.54, 1.807) is 12.1 Å². The lowest BCUT2D eigenvalue weighted by molar-refractivity contribution is 0.290. The minimum Gasteiger partial charge on any atom is -0.337 e. The van der Waals surface area contributed by atoms with Gasteiger partial charge in [0.1, 0.15) is 11.9 Å². The summed E-state index contributed by atoms with van der Waals surface area (Å²) in [5.41, 5.74) is 3.89. The van der Waals surface area contributed by atoms with E-state index < -0.39 is 21.9 Å². The topological polar surface area (TPSA) is 76.3 Å². The molecule has 6 nitrogen and oxygen atoms in total. The molecule has 1 aromatic heterocycles. The molecule has 0 amide bonds. The van der Waals surface area contributed by atoms with Gasteiger partial charge < -0.3 is 4.52 Å². The molecule has 8 heteroatoms. The van der Waals surface area contributed by atoms with Gasteiger partial charge in [0.05, 0.1) is 4.90 Å². The maximum absolute atomic E-state index is 13.7. The summed E-state index contributed by atoms with van der Waals surface area (Å²) in [4.78, 5) is 4.75. The van der Waals surface area contributed by atoms with Crippen LogP contribution in [0.15, 0.2) is 39.8 Å².